The van der Waals surface area contributed by atoms with Gasteiger partial charge < -0.3 is 25.2 Å². The molecule has 0 spiro atoms. The molecular formula is C18H24O6. The van der Waals surface area contributed by atoms with E-state index in [4.69, 9.17) is 4.74 Å². The van der Waals surface area contributed by atoms with Crippen LogP contribution in [0.4, 0.5) is 0 Å². The molecule has 0 radical (unpaired) electrons. The lowest BCUT2D eigenvalue weighted by atomic mass is 10.00. The fourth-order valence-electron chi connectivity index (χ4n) is 2.76. The summed E-state index contributed by atoms with van der Waals surface area (Å²) in [6, 6.07) is 2.47. The summed E-state index contributed by atoms with van der Waals surface area (Å²) in [5, 5.41) is 39.5. The zero-order valence-corrected chi connectivity index (χ0v) is 13.7. The number of carbonyl (C=O) groups is 1. The number of phenolic OH excluding ortho intramolecular Hbond substituents is 2. The van der Waals surface area contributed by atoms with Gasteiger partial charge in [-0.15, -0.1) is 0 Å². The minimum absolute atomic E-state index is 0.00791. The van der Waals surface area contributed by atoms with E-state index in [0.717, 1.165) is 6.07 Å². The molecule has 3 atom stereocenters. The highest BCUT2D eigenvalue weighted by Crippen LogP contribution is 2.30. The maximum absolute atomic E-state index is 12.3. The number of aliphatic hydroxyl groups is 2. The van der Waals surface area contributed by atoms with Gasteiger partial charge in [-0.1, -0.05) is 12.2 Å². The average molecular weight is 336 g/mol. The molecule has 0 amide bonds. The number of fused-ring (bicyclic) bond motifs is 1. The van der Waals surface area contributed by atoms with Gasteiger partial charge in [0.05, 0.1) is 18.3 Å². The first kappa shape index (κ1) is 18.3. The number of hydrogen-bond donors (Lipinski definition) is 4. The molecular weight excluding hydrogens is 312 g/mol. The molecule has 1 aromatic rings. The van der Waals surface area contributed by atoms with Crippen LogP contribution >= 0.6 is 0 Å². The second-order valence-electron chi connectivity index (χ2n) is 6.19. The summed E-state index contributed by atoms with van der Waals surface area (Å²) in [5.74, 6) is -1.15. The van der Waals surface area contributed by atoms with E-state index >= 15 is 0 Å². The van der Waals surface area contributed by atoms with E-state index in [1.807, 2.05) is 0 Å². The van der Waals surface area contributed by atoms with Crippen LogP contribution in [0.1, 0.15) is 54.9 Å². The molecule has 6 heteroatoms. The summed E-state index contributed by atoms with van der Waals surface area (Å²) in [6.45, 7) is 1.74. The second kappa shape index (κ2) is 8.17. The third-order valence-electron chi connectivity index (χ3n) is 4.13. The lowest BCUT2D eigenvalue weighted by Crippen LogP contribution is -2.26. The Bertz CT molecular complexity index is 610. The van der Waals surface area contributed by atoms with Gasteiger partial charge in [0.15, 0.2) is 0 Å². The molecule has 0 aliphatic carbocycles. The first-order valence-corrected chi connectivity index (χ1v) is 8.18. The first-order valence-electron chi connectivity index (χ1n) is 8.18. The molecule has 1 aliphatic rings. The molecule has 4 N–H and O–H groups in total. The van der Waals surface area contributed by atoms with Gasteiger partial charge in [0.1, 0.15) is 17.1 Å². The van der Waals surface area contributed by atoms with E-state index in [-0.39, 0.29) is 17.1 Å². The Morgan fingerprint density at radius 3 is 2.54 bits per heavy atom. The van der Waals surface area contributed by atoms with Crippen LogP contribution in [0, 0.1) is 0 Å². The molecule has 24 heavy (non-hydrogen) atoms. The number of cyclic esters (lactones) is 1. The van der Waals surface area contributed by atoms with Crippen molar-refractivity contribution < 1.29 is 30.0 Å². The Labute approximate surface area is 141 Å². The topological polar surface area (TPSA) is 107 Å². The quantitative estimate of drug-likeness (QED) is 0.542. The normalized spacial score (nSPS) is 27.6. The second-order valence-corrected chi connectivity index (χ2v) is 6.19. The van der Waals surface area contributed by atoms with Crippen LogP contribution in [0.25, 0.3) is 6.08 Å². The highest BCUT2D eigenvalue weighted by atomic mass is 16.5. The van der Waals surface area contributed by atoms with Crippen LogP contribution in [-0.2, 0) is 4.74 Å². The molecule has 0 fully saturated rings. The van der Waals surface area contributed by atoms with Gasteiger partial charge in [0.25, 0.3) is 0 Å². The van der Waals surface area contributed by atoms with Gasteiger partial charge in [-0.3, -0.25) is 0 Å². The first-order chi connectivity index (χ1) is 11.4. The lowest BCUT2D eigenvalue weighted by Gasteiger charge is -2.19. The van der Waals surface area contributed by atoms with Crippen LogP contribution < -0.4 is 0 Å². The van der Waals surface area contributed by atoms with Crippen LogP contribution in [0.2, 0.25) is 0 Å². The maximum atomic E-state index is 12.3. The number of benzene rings is 1. The third kappa shape index (κ3) is 4.72. The van der Waals surface area contributed by atoms with Crippen molar-refractivity contribution in [2.75, 3.05) is 0 Å². The molecule has 1 heterocycles. The standard InChI is InChI=1S/C18H24O6/c1-11-5-4-8-15(21)14(20)7-3-2-6-12-9-13(19)10-16(22)17(12)18(23)24-11/h2,6,9-11,14-15,19-22H,3-5,7-8H2,1H3/b6-2+/t11-,14-,15+/m0/s1. The average Bonchev–Trinajstić information content (AvgIpc) is 2.49. The molecule has 1 aromatic carbocycles. The molecule has 0 aromatic heterocycles. The number of phenols is 2. The monoisotopic (exact) mass is 336 g/mol. The Hall–Kier alpha value is -2.05. The number of rotatable bonds is 0. The Morgan fingerprint density at radius 2 is 1.79 bits per heavy atom. The van der Waals surface area contributed by atoms with Crippen molar-refractivity contribution in [1.82, 2.24) is 0 Å². The van der Waals surface area contributed by atoms with Crippen molar-refractivity contribution in [2.24, 2.45) is 0 Å². The maximum Gasteiger partial charge on any atom is 0.342 e. The summed E-state index contributed by atoms with van der Waals surface area (Å²) in [6.07, 6.45) is 3.75. The van der Waals surface area contributed by atoms with Crippen molar-refractivity contribution >= 4 is 12.0 Å². The Morgan fingerprint density at radius 1 is 1.08 bits per heavy atom. The van der Waals surface area contributed by atoms with Crippen molar-refractivity contribution in [2.45, 2.75) is 57.3 Å². The highest BCUT2D eigenvalue weighted by molar-refractivity contribution is 5.97. The van der Waals surface area contributed by atoms with Crippen LogP contribution in [0.3, 0.4) is 0 Å². The zero-order chi connectivity index (χ0) is 17.7. The van der Waals surface area contributed by atoms with Gasteiger partial charge in [-0.25, -0.2) is 4.79 Å². The predicted molar refractivity (Wildman–Crippen MR) is 88.8 cm³/mol. The van der Waals surface area contributed by atoms with Gasteiger partial charge in [-0.05, 0) is 50.7 Å². The van der Waals surface area contributed by atoms with E-state index < -0.39 is 24.3 Å². The minimum atomic E-state index is -0.813. The van der Waals surface area contributed by atoms with Crippen molar-refractivity contribution in [3.8, 4) is 11.5 Å². The Balaban J connectivity index is 2.32. The van der Waals surface area contributed by atoms with Crippen LogP contribution in [0.5, 0.6) is 11.5 Å². The van der Waals surface area contributed by atoms with E-state index in [0.29, 0.717) is 37.7 Å². The largest absolute Gasteiger partial charge is 0.508 e. The Kier molecular flexibility index (Phi) is 6.23. The predicted octanol–water partition coefficient (Wildman–Crippen LogP) is 2.34. The van der Waals surface area contributed by atoms with Crippen LogP contribution in [0.15, 0.2) is 18.2 Å². The number of ether oxygens (including phenoxy) is 1. The zero-order valence-electron chi connectivity index (χ0n) is 13.7. The van der Waals surface area contributed by atoms with E-state index in [2.05, 4.69) is 0 Å². The van der Waals surface area contributed by atoms with Gasteiger partial charge in [0, 0.05) is 6.07 Å². The smallest absolute Gasteiger partial charge is 0.342 e. The molecule has 132 valence electrons. The lowest BCUT2D eigenvalue weighted by molar-refractivity contribution is 0.00511. The van der Waals surface area contributed by atoms with Crippen molar-refractivity contribution in [3.05, 3.63) is 29.3 Å². The van der Waals surface area contributed by atoms with E-state index in [9.17, 15) is 25.2 Å². The summed E-state index contributed by atoms with van der Waals surface area (Å²) in [5.41, 5.74) is 0.352. The summed E-state index contributed by atoms with van der Waals surface area (Å²) < 4.78 is 5.35. The SMILES string of the molecule is C[C@H]1CCC[C@@H](O)[C@@H](O)CC/C=C/c2cc(O)cc(O)c2C(=O)O1. The fourth-order valence-corrected chi connectivity index (χ4v) is 2.76. The minimum Gasteiger partial charge on any atom is -0.508 e. The van der Waals surface area contributed by atoms with Gasteiger partial charge in [-0.2, -0.15) is 0 Å². The number of carbonyl (C=O) groups excluding carboxylic acids is 1. The summed E-state index contributed by atoms with van der Waals surface area (Å²) in [7, 11) is 0. The third-order valence-corrected chi connectivity index (χ3v) is 4.13. The van der Waals surface area contributed by atoms with E-state index in [1.54, 1.807) is 19.1 Å². The molecule has 0 saturated carbocycles. The molecule has 0 saturated heterocycles. The fraction of sp³-hybridized carbons (Fsp3) is 0.500. The van der Waals surface area contributed by atoms with Crippen molar-refractivity contribution in [1.29, 1.82) is 0 Å². The molecule has 6 nitrogen and oxygen atoms in total. The highest BCUT2D eigenvalue weighted by Gasteiger charge is 2.22. The van der Waals surface area contributed by atoms with Crippen LogP contribution in [-0.4, -0.2) is 44.7 Å². The summed E-state index contributed by atoms with van der Waals surface area (Å²) in [4.78, 5) is 12.3. The van der Waals surface area contributed by atoms with Gasteiger partial charge in [0.2, 0.25) is 0 Å². The molecule has 0 unspecified atom stereocenters. The van der Waals surface area contributed by atoms with Gasteiger partial charge >= 0.3 is 5.97 Å². The molecule has 0 bridgehead atoms. The number of hydrogen-bond acceptors (Lipinski definition) is 6. The molecule has 2 rings (SSSR count). The number of esters is 1. The molecule has 1 aliphatic heterocycles. The van der Waals surface area contributed by atoms with E-state index in [1.165, 1.54) is 6.07 Å². The van der Waals surface area contributed by atoms with Crippen molar-refractivity contribution in [3.63, 3.8) is 0 Å². The number of aromatic hydroxyl groups is 2. The number of aliphatic hydroxyl groups excluding tert-OH is 2. The number of allylic oxidation sites excluding steroid dienone is 1. The summed E-state index contributed by atoms with van der Waals surface area (Å²) >= 11 is 0.